The summed E-state index contributed by atoms with van der Waals surface area (Å²) >= 11 is 0. The quantitative estimate of drug-likeness (QED) is 0.550. The van der Waals surface area contributed by atoms with Crippen molar-refractivity contribution in [1.29, 1.82) is 0 Å². The molecule has 0 aliphatic carbocycles. The zero-order chi connectivity index (χ0) is 13.1. The Hall–Kier alpha value is -1.52. The topological polar surface area (TPSA) is 64.6 Å². The fraction of sp³-hybridized carbons (Fsp3) is 0.667. The van der Waals surface area contributed by atoms with Crippen LogP contribution < -0.4 is 5.32 Å². The standard InChI is InChI=1S/C12H21NO4/c1-4-7-8-10(9-11(14)16-5-2)13-12(15)17-6-3/h9H,4-8H2,1-3H3,(H,13,15). The van der Waals surface area contributed by atoms with Crippen molar-refractivity contribution >= 4 is 12.1 Å². The van der Waals surface area contributed by atoms with Crippen LogP contribution in [0, 0.1) is 0 Å². The lowest BCUT2D eigenvalue weighted by atomic mass is 10.2. The van der Waals surface area contributed by atoms with Gasteiger partial charge in [-0.05, 0) is 26.7 Å². The van der Waals surface area contributed by atoms with Crippen LogP contribution in [0.1, 0.15) is 40.0 Å². The molecule has 0 radical (unpaired) electrons. The maximum atomic E-state index is 11.3. The Morgan fingerprint density at radius 1 is 1.12 bits per heavy atom. The largest absolute Gasteiger partial charge is 0.463 e. The molecule has 98 valence electrons. The van der Waals surface area contributed by atoms with E-state index in [1.54, 1.807) is 13.8 Å². The van der Waals surface area contributed by atoms with Crippen molar-refractivity contribution in [2.24, 2.45) is 0 Å². The number of unbranched alkanes of at least 4 members (excludes halogenated alkanes) is 1. The minimum atomic E-state index is -0.542. The molecule has 0 bridgehead atoms. The molecular formula is C12H21NO4. The molecule has 5 nitrogen and oxygen atoms in total. The van der Waals surface area contributed by atoms with E-state index in [-0.39, 0.29) is 0 Å². The van der Waals surface area contributed by atoms with Gasteiger partial charge in [-0.15, -0.1) is 0 Å². The van der Waals surface area contributed by atoms with Crippen LogP contribution in [0.3, 0.4) is 0 Å². The van der Waals surface area contributed by atoms with E-state index in [4.69, 9.17) is 9.47 Å². The van der Waals surface area contributed by atoms with E-state index in [1.165, 1.54) is 6.08 Å². The summed E-state index contributed by atoms with van der Waals surface area (Å²) in [7, 11) is 0. The van der Waals surface area contributed by atoms with Crippen molar-refractivity contribution in [2.45, 2.75) is 40.0 Å². The molecule has 1 amide bonds. The first-order chi connectivity index (χ1) is 8.13. The summed E-state index contributed by atoms with van der Waals surface area (Å²) in [5.74, 6) is -0.449. The van der Waals surface area contributed by atoms with Gasteiger partial charge in [0.2, 0.25) is 0 Å². The predicted octanol–water partition coefficient (Wildman–Crippen LogP) is 2.37. The second kappa shape index (κ2) is 9.69. The first-order valence-electron chi connectivity index (χ1n) is 5.95. The van der Waals surface area contributed by atoms with Crippen molar-refractivity contribution in [3.05, 3.63) is 11.8 Å². The molecule has 0 aromatic heterocycles. The number of hydrogen-bond donors (Lipinski definition) is 1. The fourth-order valence-electron chi connectivity index (χ4n) is 1.16. The second-order valence-corrected chi connectivity index (χ2v) is 3.37. The van der Waals surface area contributed by atoms with Crippen molar-refractivity contribution in [3.8, 4) is 0 Å². The number of carbonyl (C=O) groups is 2. The van der Waals surface area contributed by atoms with Gasteiger partial charge >= 0.3 is 12.1 Å². The van der Waals surface area contributed by atoms with Crippen molar-refractivity contribution in [2.75, 3.05) is 13.2 Å². The predicted molar refractivity (Wildman–Crippen MR) is 64.4 cm³/mol. The molecule has 0 aliphatic rings. The van der Waals surface area contributed by atoms with Crippen LogP contribution in [0.2, 0.25) is 0 Å². The summed E-state index contributed by atoms with van der Waals surface area (Å²) in [5.41, 5.74) is 0.531. The van der Waals surface area contributed by atoms with Crippen LogP contribution in [0.4, 0.5) is 4.79 Å². The molecule has 0 unspecified atom stereocenters. The Morgan fingerprint density at radius 3 is 2.29 bits per heavy atom. The van der Waals surface area contributed by atoms with E-state index < -0.39 is 12.1 Å². The number of nitrogens with one attached hydrogen (secondary N) is 1. The summed E-state index contributed by atoms with van der Waals surface area (Å²) < 4.78 is 9.54. The zero-order valence-corrected chi connectivity index (χ0v) is 10.7. The molecule has 5 heteroatoms. The minimum absolute atomic E-state index is 0.298. The van der Waals surface area contributed by atoms with E-state index in [0.29, 0.717) is 25.3 Å². The first kappa shape index (κ1) is 15.5. The Labute approximate surface area is 102 Å². The molecule has 0 aromatic rings. The molecule has 0 saturated heterocycles. The molecular weight excluding hydrogens is 222 g/mol. The van der Waals surface area contributed by atoms with Gasteiger partial charge in [0.25, 0.3) is 0 Å². The number of alkyl carbamates (subject to hydrolysis) is 1. The summed E-state index contributed by atoms with van der Waals surface area (Å²) in [6.45, 7) is 6.10. The van der Waals surface area contributed by atoms with Crippen LogP contribution >= 0.6 is 0 Å². The van der Waals surface area contributed by atoms with Crippen LogP contribution in [0.25, 0.3) is 0 Å². The number of ether oxygens (including phenoxy) is 2. The van der Waals surface area contributed by atoms with E-state index >= 15 is 0 Å². The minimum Gasteiger partial charge on any atom is -0.463 e. The summed E-state index contributed by atoms with van der Waals surface area (Å²) in [5, 5.41) is 2.54. The monoisotopic (exact) mass is 243 g/mol. The normalized spacial score (nSPS) is 10.9. The Kier molecular flexibility index (Phi) is 8.82. The highest BCUT2D eigenvalue weighted by molar-refractivity contribution is 5.83. The van der Waals surface area contributed by atoms with Gasteiger partial charge in [0.15, 0.2) is 0 Å². The summed E-state index contributed by atoms with van der Waals surface area (Å²) in [6, 6.07) is 0. The maximum Gasteiger partial charge on any atom is 0.411 e. The molecule has 0 saturated carbocycles. The van der Waals surface area contributed by atoms with Crippen molar-refractivity contribution in [3.63, 3.8) is 0 Å². The first-order valence-corrected chi connectivity index (χ1v) is 5.95. The third-order valence-corrected chi connectivity index (χ3v) is 1.92. The van der Waals surface area contributed by atoms with Gasteiger partial charge in [-0.1, -0.05) is 13.3 Å². The molecule has 0 heterocycles. The molecule has 1 N–H and O–H groups in total. The highest BCUT2D eigenvalue weighted by Gasteiger charge is 2.07. The molecule has 0 rings (SSSR count). The number of amides is 1. The smallest absolute Gasteiger partial charge is 0.411 e. The summed E-state index contributed by atoms with van der Waals surface area (Å²) in [6.07, 6.45) is 3.24. The van der Waals surface area contributed by atoms with Crippen LogP contribution in [0.15, 0.2) is 11.8 Å². The van der Waals surface area contributed by atoms with E-state index in [0.717, 1.165) is 12.8 Å². The number of rotatable bonds is 7. The molecule has 0 spiro atoms. The second-order valence-electron chi connectivity index (χ2n) is 3.37. The van der Waals surface area contributed by atoms with Crippen LogP contribution in [-0.4, -0.2) is 25.3 Å². The number of allylic oxidation sites excluding steroid dienone is 1. The van der Waals surface area contributed by atoms with Gasteiger partial charge in [0.05, 0.1) is 13.2 Å². The SMILES string of the molecule is CCCCC(=CC(=O)OCC)NC(=O)OCC. The highest BCUT2D eigenvalue weighted by Crippen LogP contribution is 2.05. The van der Waals surface area contributed by atoms with Crippen LogP contribution in [-0.2, 0) is 14.3 Å². The highest BCUT2D eigenvalue weighted by atomic mass is 16.5. The van der Waals surface area contributed by atoms with Gasteiger partial charge in [-0.2, -0.15) is 0 Å². The van der Waals surface area contributed by atoms with E-state index in [9.17, 15) is 9.59 Å². The third kappa shape index (κ3) is 8.30. The molecule has 0 atom stereocenters. The Balaban J connectivity index is 4.40. The molecule has 0 fully saturated rings. The van der Waals surface area contributed by atoms with E-state index in [1.807, 2.05) is 6.92 Å². The van der Waals surface area contributed by atoms with Crippen molar-refractivity contribution in [1.82, 2.24) is 5.32 Å². The lowest BCUT2D eigenvalue weighted by Gasteiger charge is -2.09. The number of hydrogen-bond acceptors (Lipinski definition) is 4. The zero-order valence-electron chi connectivity index (χ0n) is 10.7. The number of carbonyl (C=O) groups excluding carboxylic acids is 2. The molecule has 0 aromatic carbocycles. The third-order valence-electron chi connectivity index (χ3n) is 1.92. The maximum absolute atomic E-state index is 11.3. The van der Waals surface area contributed by atoms with Crippen molar-refractivity contribution < 1.29 is 19.1 Å². The van der Waals surface area contributed by atoms with Gasteiger partial charge in [0.1, 0.15) is 0 Å². The average Bonchev–Trinajstić information content (AvgIpc) is 2.26. The average molecular weight is 243 g/mol. The lowest BCUT2D eigenvalue weighted by Crippen LogP contribution is -2.24. The van der Waals surface area contributed by atoms with E-state index in [2.05, 4.69) is 5.32 Å². The van der Waals surface area contributed by atoms with Crippen LogP contribution in [0.5, 0.6) is 0 Å². The Bertz CT molecular complexity index is 274. The number of esters is 1. The van der Waals surface area contributed by atoms with Gasteiger partial charge in [-0.3, -0.25) is 5.32 Å². The summed E-state index contributed by atoms with van der Waals surface area (Å²) in [4.78, 5) is 22.5. The van der Waals surface area contributed by atoms with Gasteiger partial charge < -0.3 is 9.47 Å². The molecule has 0 aliphatic heterocycles. The Morgan fingerprint density at radius 2 is 1.76 bits per heavy atom. The fourth-order valence-corrected chi connectivity index (χ4v) is 1.16. The van der Waals surface area contributed by atoms with Gasteiger partial charge in [-0.25, -0.2) is 9.59 Å². The van der Waals surface area contributed by atoms with Gasteiger partial charge in [0, 0.05) is 11.8 Å². The lowest BCUT2D eigenvalue weighted by molar-refractivity contribution is -0.137. The molecule has 17 heavy (non-hydrogen) atoms.